The molecule has 0 aliphatic heterocycles. The van der Waals surface area contributed by atoms with E-state index in [1.165, 1.54) is 0 Å². The molecule has 1 aromatic heterocycles. The summed E-state index contributed by atoms with van der Waals surface area (Å²) < 4.78 is 0. The van der Waals surface area contributed by atoms with E-state index >= 15 is 0 Å². The summed E-state index contributed by atoms with van der Waals surface area (Å²) in [6, 6.07) is 18.2. The Morgan fingerprint density at radius 1 is 0.935 bits per heavy atom. The lowest BCUT2D eigenvalue weighted by Gasteiger charge is -2.25. The first-order valence-electron chi connectivity index (χ1n) is 9.98. The monoisotopic (exact) mass is 413 g/mol. The van der Waals surface area contributed by atoms with Crippen molar-refractivity contribution in [2.75, 3.05) is 11.1 Å². The van der Waals surface area contributed by atoms with Gasteiger partial charge in [-0.15, -0.1) is 0 Å². The fourth-order valence-electron chi connectivity index (χ4n) is 3.24. The number of para-hydroxylation sites is 2. The van der Waals surface area contributed by atoms with Crippen molar-refractivity contribution in [3.05, 3.63) is 101 Å². The average molecular weight is 413 g/mol. The van der Waals surface area contributed by atoms with Crippen LogP contribution >= 0.6 is 0 Å². The highest BCUT2D eigenvalue weighted by molar-refractivity contribution is 6.05. The first-order chi connectivity index (χ1) is 15.1. The smallest absolute Gasteiger partial charge is 0.255 e. The number of Topliss-reactive ketones (excluding diaryl/α,β-unsaturated/α-hetero) is 1. The van der Waals surface area contributed by atoms with Gasteiger partial charge in [-0.1, -0.05) is 30.3 Å². The van der Waals surface area contributed by atoms with Crippen molar-refractivity contribution in [2.24, 2.45) is 0 Å². The van der Waals surface area contributed by atoms with Gasteiger partial charge in [0.2, 0.25) is 0 Å². The van der Waals surface area contributed by atoms with Crippen molar-refractivity contribution in [3.8, 4) is 0 Å². The van der Waals surface area contributed by atoms with E-state index in [-0.39, 0.29) is 11.7 Å². The summed E-state index contributed by atoms with van der Waals surface area (Å²) in [6.07, 6.45) is 3.93. The Labute approximate surface area is 180 Å². The molecule has 0 fully saturated rings. The maximum atomic E-state index is 12.4. The molecule has 0 bridgehead atoms. The third-order valence-corrected chi connectivity index (χ3v) is 5.04. The summed E-state index contributed by atoms with van der Waals surface area (Å²) in [5, 5.41) is 9.31. The highest BCUT2D eigenvalue weighted by Gasteiger charge is 2.26. The number of nitrogens with one attached hydrogen (secondary N) is 3. The number of hydrogen-bond donors (Lipinski definition) is 4. The highest BCUT2D eigenvalue weighted by atomic mass is 16.1. The lowest BCUT2D eigenvalue weighted by molar-refractivity contribution is -0.117. The fourth-order valence-corrected chi connectivity index (χ4v) is 3.24. The van der Waals surface area contributed by atoms with Crippen LogP contribution in [0, 0.1) is 0 Å². The molecule has 0 spiro atoms. The minimum atomic E-state index is -0.226. The molecular formula is C24H23N5O2. The number of allylic oxidation sites excluding steroid dienone is 2. The zero-order valence-corrected chi connectivity index (χ0v) is 16.9. The van der Waals surface area contributed by atoms with Crippen molar-refractivity contribution in [1.82, 2.24) is 15.6 Å². The van der Waals surface area contributed by atoms with Gasteiger partial charge in [-0.05, 0) is 41.5 Å². The summed E-state index contributed by atoms with van der Waals surface area (Å²) in [7, 11) is 0. The molecule has 0 saturated carbocycles. The van der Waals surface area contributed by atoms with Crippen molar-refractivity contribution in [1.29, 1.82) is 0 Å². The van der Waals surface area contributed by atoms with Gasteiger partial charge in [0.05, 0.1) is 23.5 Å². The minimum Gasteiger partial charge on any atom is -0.397 e. The number of amides is 1. The van der Waals surface area contributed by atoms with Gasteiger partial charge in [-0.3, -0.25) is 14.6 Å². The van der Waals surface area contributed by atoms with Crippen LogP contribution in [0.5, 0.6) is 0 Å². The van der Waals surface area contributed by atoms with Crippen LogP contribution in [0.25, 0.3) is 0 Å². The number of aromatic nitrogens is 1. The van der Waals surface area contributed by atoms with Gasteiger partial charge < -0.3 is 21.7 Å². The van der Waals surface area contributed by atoms with Crippen LogP contribution in [-0.4, -0.2) is 16.7 Å². The van der Waals surface area contributed by atoms with Gasteiger partial charge in [0.1, 0.15) is 0 Å². The number of carbonyl (C=O) groups is 2. The Bertz CT molecular complexity index is 1120. The molecule has 7 heteroatoms. The third-order valence-electron chi connectivity index (χ3n) is 5.04. The van der Waals surface area contributed by atoms with E-state index in [0.717, 1.165) is 16.8 Å². The number of nitrogen functional groups attached to an aromatic ring is 1. The molecule has 1 aliphatic rings. The van der Waals surface area contributed by atoms with E-state index in [1.807, 2.05) is 36.4 Å². The lowest BCUT2D eigenvalue weighted by Crippen LogP contribution is -2.35. The summed E-state index contributed by atoms with van der Waals surface area (Å²) in [6.45, 7) is 1.12. The minimum absolute atomic E-state index is 0.0881. The standard InChI is InChI=1S/C24H23N5O2/c25-19-5-1-2-6-20(19)29-24(31)18-9-7-16(8-10-18)14-28-23-21(12-22(23)30)27-15-17-4-3-11-26-13-17/h1-11,13,27-28H,12,14-15,25H2,(H,29,31). The van der Waals surface area contributed by atoms with E-state index in [2.05, 4.69) is 20.9 Å². The molecule has 0 saturated heterocycles. The molecule has 7 nitrogen and oxygen atoms in total. The number of pyridine rings is 1. The van der Waals surface area contributed by atoms with Crippen molar-refractivity contribution in [3.63, 3.8) is 0 Å². The number of anilines is 2. The number of rotatable bonds is 8. The van der Waals surface area contributed by atoms with Gasteiger partial charge >= 0.3 is 0 Å². The fraction of sp³-hybridized carbons (Fsp3) is 0.125. The molecule has 1 heterocycles. The molecule has 0 radical (unpaired) electrons. The Hall–Kier alpha value is -4.13. The number of nitrogens with two attached hydrogens (primary N) is 1. The van der Waals surface area contributed by atoms with E-state index < -0.39 is 0 Å². The Morgan fingerprint density at radius 2 is 1.71 bits per heavy atom. The maximum absolute atomic E-state index is 12.4. The zero-order chi connectivity index (χ0) is 21.6. The normalized spacial score (nSPS) is 12.8. The Balaban J connectivity index is 1.33. The van der Waals surface area contributed by atoms with Gasteiger partial charge in [0.25, 0.3) is 5.91 Å². The largest absolute Gasteiger partial charge is 0.397 e. The van der Waals surface area contributed by atoms with E-state index in [4.69, 9.17) is 5.73 Å². The summed E-state index contributed by atoms with van der Waals surface area (Å²) >= 11 is 0. The van der Waals surface area contributed by atoms with Crippen molar-refractivity contribution in [2.45, 2.75) is 19.5 Å². The molecule has 3 aromatic rings. The predicted octanol–water partition coefficient (Wildman–Crippen LogP) is 2.98. The van der Waals surface area contributed by atoms with Gasteiger partial charge in [0.15, 0.2) is 5.78 Å². The quantitative estimate of drug-likeness (QED) is 0.423. The van der Waals surface area contributed by atoms with Crippen LogP contribution in [0.2, 0.25) is 0 Å². The number of carbonyl (C=O) groups excluding carboxylic acids is 2. The number of ketones is 1. The van der Waals surface area contributed by atoms with Crippen LogP contribution in [0.4, 0.5) is 11.4 Å². The topological polar surface area (TPSA) is 109 Å². The van der Waals surface area contributed by atoms with E-state index in [0.29, 0.717) is 42.1 Å². The predicted molar refractivity (Wildman–Crippen MR) is 120 cm³/mol. The second kappa shape index (κ2) is 9.13. The number of benzene rings is 2. The lowest BCUT2D eigenvalue weighted by atomic mass is 9.98. The first-order valence-corrected chi connectivity index (χ1v) is 9.98. The SMILES string of the molecule is Nc1ccccc1NC(=O)c1ccc(CNC2=C(NCc3cccnc3)CC2=O)cc1. The average Bonchev–Trinajstić information content (AvgIpc) is 2.79. The Kier molecular flexibility index (Phi) is 5.93. The zero-order valence-electron chi connectivity index (χ0n) is 16.9. The summed E-state index contributed by atoms with van der Waals surface area (Å²) in [4.78, 5) is 28.5. The van der Waals surface area contributed by atoms with Crippen LogP contribution in [0.15, 0.2) is 84.5 Å². The second-order valence-corrected chi connectivity index (χ2v) is 7.26. The van der Waals surface area contributed by atoms with Crippen LogP contribution < -0.4 is 21.7 Å². The molecule has 5 N–H and O–H groups in total. The maximum Gasteiger partial charge on any atom is 0.255 e. The molecule has 156 valence electrons. The summed E-state index contributed by atoms with van der Waals surface area (Å²) in [5.74, 6) is -0.138. The van der Waals surface area contributed by atoms with Crippen LogP contribution in [-0.2, 0) is 17.9 Å². The van der Waals surface area contributed by atoms with E-state index in [9.17, 15) is 9.59 Å². The molecule has 1 amide bonds. The highest BCUT2D eigenvalue weighted by Crippen LogP contribution is 2.21. The molecule has 2 aromatic carbocycles. The molecule has 31 heavy (non-hydrogen) atoms. The Morgan fingerprint density at radius 3 is 2.42 bits per heavy atom. The molecule has 1 aliphatic carbocycles. The number of nitrogens with zero attached hydrogens (tertiary/aromatic N) is 1. The molecule has 4 rings (SSSR count). The summed E-state index contributed by atoms with van der Waals surface area (Å²) in [5.41, 5.74) is 11.0. The molecule has 0 atom stereocenters. The van der Waals surface area contributed by atoms with Gasteiger partial charge in [-0.2, -0.15) is 0 Å². The van der Waals surface area contributed by atoms with Gasteiger partial charge in [0, 0.05) is 36.7 Å². The molecular weight excluding hydrogens is 390 g/mol. The first kappa shape index (κ1) is 20.2. The second-order valence-electron chi connectivity index (χ2n) is 7.26. The van der Waals surface area contributed by atoms with E-state index in [1.54, 1.807) is 36.7 Å². The third kappa shape index (κ3) is 4.90. The van der Waals surface area contributed by atoms with Crippen LogP contribution in [0.3, 0.4) is 0 Å². The van der Waals surface area contributed by atoms with Crippen LogP contribution in [0.1, 0.15) is 27.9 Å². The number of hydrogen-bond acceptors (Lipinski definition) is 6. The molecule has 0 unspecified atom stereocenters. The van der Waals surface area contributed by atoms with Crippen molar-refractivity contribution < 1.29 is 9.59 Å². The van der Waals surface area contributed by atoms with Crippen molar-refractivity contribution >= 4 is 23.1 Å². The van der Waals surface area contributed by atoms with Gasteiger partial charge in [-0.25, -0.2) is 0 Å².